The van der Waals surface area contributed by atoms with Gasteiger partial charge in [0.1, 0.15) is 4.90 Å². The second kappa shape index (κ2) is 4.91. The maximum atomic E-state index is 11.8. The summed E-state index contributed by atoms with van der Waals surface area (Å²) < 4.78 is 28.4. The van der Waals surface area contributed by atoms with Crippen LogP contribution in [0.25, 0.3) is 0 Å². The summed E-state index contributed by atoms with van der Waals surface area (Å²) in [5.41, 5.74) is 0. The van der Waals surface area contributed by atoms with E-state index in [4.69, 9.17) is 0 Å². The zero-order chi connectivity index (χ0) is 13.2. The number of nitrogens with zero attached hydrogens (tertiary/aromatic N) is 5. The first kappa shape index (κ1) is 12.8. The molecule has 0 atom stereocenters. The minimum absolute atomic E-state index is 0.207. The fraction of sp³-hybridized carbons (Fsp3) is 0.400. The van der Waals surface area contributed by atoms with Crippen LogP contribution in [0.2, 0.25) is 0 Å². The Morgan fingerprint density at radius 1 is 1.33 bits per heavy atom. The second-order valence-corrected chi connectivity index (χ2v) is 6.18. The molecule has 0 radical (unpaired) electrons. The molecule has 98 valence electrons. The predicted octanol–water partition coefficient (Wildman–Crippen LogP) is 0.0301. The average Bonchev–Trinajstić information content (AvgIpc) is 2.97. The third-order valence-corrected chi connectivity index (χ3v) is 4.30. The molecule has 0 unspecified atom stereocenters. The van der Waals surface area contributed by atoms with Gasteiger partial charge < -0.3 is 4.57 Å². The molecular formula is C10H15N5O2S. The molecule has 0 amide bonds. The van der Waals surface area contributed by atoms with E-state index in [1.54, 1.807) is 17.2 Å². The Bertz CT molecular complexity index is 600. The van der Waals surface area contributed by atoms with Gasteiger partial charge in [0.15, 0.2) is 0 Å². The molecule has 18 heavy (non-hydrogen) atoms. The van der Waals surface area contributed by atoms with Crippen LogP contribution in [-0.4, -0.2) is 46.1 Å². The van der Waals surface area contributed by atoms with E-state index in [9.17, 15) is 8.42 Å². The number of imidazole rings is 1. The fourth-order valence-electron chi connectivity index (χ4n) is 1.45. The highest BCUT2D eigenvalue weighted by molar-refractivity contribution is 7.89. The van der Waals surface area contributed by atoms with E-state index in [-0.39, 0.29) is 4.90 Å². The lowest BCUT2D eigenvalue weighted by Gasteiger charge is -2.08. The van der Waals surface area contributed by atoms with Crippen LogP contribution < -0.4 is 0 Å². The van der Waals surface area contributed by atoms with Gasteiger partial charge in [-0.15, -0.1) is 0 Å². The third kappa shape index (κ3) is 2.59. The first-order valence-corrected chi connectivity index (χ1v) is 6.85. The largest absolute Gasteiger partial charge is 0.336 e. The normalized spacial score (nSPS) is 12.2. The lowest BCUT2D eigenvalue weighted by atomic mass is 10.6. The maximum Gasteiger partial charge on any atom is 0.245 e. The summed E-state index contributed by atoms with van der Waals surface area (Å²) in [5, 5.41) is 4.04. The van der Waals surface area contributed by atoms with Gasteiger partial charge in [-0.1, -0.05) is 0 Å². The molecule has 0 spiro atoms. The summed E-state index contributed by atoms with van der Waals surface area (Å²) in [5.74, 6) is 0. The summed E-state index contributed by atoms with van der Waals surface area (Å²) in [6.45, 7) is 1.29. The van der Waals surface area contributed by atoms with Crippen LogP contribution in [0.1, 0.15) is 0 Å². The molecule has 0 saturated heterocycles. The predicted molar refractivity (Wildman–Crippen MR) is 65.3 cm³/mol. The Kier molecular flexibility index (Phi) is 3.48. The van der Waals surface area contributed by atoms with Gasteiger partial charge >= 0.3 is 0 Å². The van der Waals surface area contributed by atoms with Crippen molar-refractivity contribution in [2.75, 3.05) is 14.1 Å². The molecule has 2 aromatic heterocycles. The van der Waals surface area contributed by atoms with Gasteiger partial charge in [-0.3, -0.25) is 4.68 Å². The standard InChI is InChI=1S/C10H15N5O2S/c1-13(2)18(16,17)10-7-12-15(8-10)6-5-14-4-3-11-9-14/h3-4,7-9H,5-6H2,1-2H3. The molecule has 0 saturated carbocycles. The molecule has 2 rings (SSSR count). The van der Waals surface area contributed by atoms with Crippen LogP contribution in [0.3, 0.4) is 0 Å². The molecule has 0 aliphatic carbocycles. The second-order valence-electron chi connectivity index (χ2n) is 4.03. The van der Waals surface area contributed by atoms with Crippen LogP contribution >= 0.6 is 0 Å². The highest BCUT2D eigenvalue weighted by atomic mass is 32.2. The average molecular weight is 269 g/mol. The number of sulfonamides is 1. The lowest BCUT2D eigenvalue weighted by Crippen LogP contribution is -2.21. The highest BCUT2D eigenvalue weighted by Crippen LogP contribution is 2.11. The van der Waals surface area contributed by atoms with E-state index in [0.29, 0.717) is 13.1 Å². The Morgan fingerprint density at radius 3 is 2.72 bits per heavy atom. The van der Waals surface area contributed by atoms with Gasteiger partial charge in [0.25, 0.3) is 0 Å². The smallest absolute Gasteiger partial charge is 0.245 e. The van der Waals surface area contributed by atoms with Gasteiger partial charge in [-0.05, 0) is 0 Å². The summed E-state index contributed by atoms with van der Waals surface area (Å²) in [7, 11) is -0.401. The quantitative estimate of drug-likeness (QED) is 0.767. The first-order valence-electron chi connectivity index (χ1n) is 5.41. The Morgan fingerprint density at radius 2 is 2.11 bits per heavy atom. The molecular weight excluding hydrogens is 254 g/mol. The monoisotopic (exact) mass is 269 g/mol. The molecule has 2 heterocycles. The number of aryl methyl sites for hydroxylation is 2. The molecule has 0 aliphatic rings. The van der Waals surface area contributed by atoms with Crippen molar-refractivity contribution in [2.24, 2.45) is 0 Å². The van der Waals surface area contributed by atoms with Crippen molar-refractivity contribution in [3.8, 4) is 0 Å². The van der Waals surface area contributed by atoms with E-state index in [1.165, 1.54) is 30.8 Å². The third-order valence-electron chi connectivity index (χ3n) is 2.53. The van der Waals surface area contributed by atoms with Gasteiger partial charge in [0, 0.05) is 39.2 Å². The van der Waals surface area contributed by atoms with Crippen LogP contribution in [0.4, 0.5) is 0 Å². The maximum absolute atomic E-state index is 11.8. The van der Waals surface area contributed by atoms with Crippen LogP contribution in [-0.2, 0) is 23.1 Å². The molecule has 0 fully saturated rings. The van der Waals surface area contributed by atoms with Crippen molar-refractivity contribution in [3.05, 3.63) is 31.1 Å². The lowest BCUT2D eigenvalue weighted by molar-refractivity contribution is 0.518. The van der Waals surface area contributed by atoms with E-state index >= 15 is 0 Å². The molecule has 0 aliphatic heterocycles. The van der Waals surface area contributed by atoms with Crippen LogP contribution in [0, 0.1) is 0 Å². The van der Waals surface area contributed by atoms with Crippen molar-refractivity contribution < 1.29 is 8.42 Å². The number of hydrogen-bond donors (Lipinski definition) is 0. The van der Waals surface area contributed by atoms with Crippen molar-refractivity contribution in [3.63, 3.8) is 0 Å². The molecule has 7 nitrogen and oxygen atoms in total. The molecule has 8 heteroatoms. The highest BCUT2D eigenvalue weighted by Gasteiger charge is 2.18. The summed E-state index contributed by atoms with van der Waals surface area (Å²) >= 11 is 0. The van der Waals surface area contributed by atoms with Crippen LogP contribution in [0.15, 0.2) is 36.0 Å². The molecule has 2 aromatic rings. The van der Waals surface area contributed by atoms with E-state index in [1.807, 2.05) is 10.8 Å². The van der Waals surface area contributed by atoms with Crippen molar-refractivity contribution in [1.29, 1.82) is 0 Å². The minimum atomic E-state index is -3.40. The topological polar surface area (TPSA) is 73.0 Å². The Hall–Kier alpha value is -1.67. The van der Waals surface area contributed by atoms with E-state index in [2.05, 4.69) is 10.1 Å². The van der Waals surface area contributed by atoms with E-state index < -0.39 is 10.0 Å². The molecule has 0 bridgehead atoms. The minimum Gasteiger partial charge on any atom is -0.336 e. The van der Waals surface area contributed by atoms with Gasteiger partial charge in [-0.25, -0.2) is 17.7 Å². The summed E-state index contributed by atoms with van der Waals surface area (Å²) in [6.07, 6.45) is 8.16. The number of aromatic nitrogens is 4. The SMILES string of the molecule is CN(C)S(=O)(=O)c1cnn(CCn2ccnc2)c1. The van der Waals surface area contributed by atoms with Gasteiger partial charge in [0.05, 0.1) is 19.1 Å². The van der Waals surface area contributed by atoms with Crippen molar-refractivity contribution in [1.82, 2.24) is 23.6 Å². The summed E-state index contributed by atoms with van der Waals surface area (Å²) in [6, 6.07) is 0. The fourth-order valence-corrected chi connectivity index (χ4v) is 2.30. The van der Waals surface area contributed by atoms with Crippen molar-refractivity contribution >= 4 is 10.0 Å². The Balaban J connectivity index is 2.07. The number of rotatable bonds is 5. The van der Waals surface area contributed by atoms with Gasteiger partial charge in [-0.2, -0.15) is 5.10 Å². The molecule has 0 N–H and O–H groups in total. The Labute approximate surface area is 106 Å². The number of hydrogen-bond acceptors (Lipinski definition) is 4. The zero-order valence-corrected chi connectivity index (χ0v) is 11.1. The first-order chi connectivity index (χ1) is 8.50. The zero-order valence-electron chi connectivity index (χ0n) is 10.3. The molecule has 0 aromatic carbocycles. The van der Waals surface area contributed by atoms with Crippen LogP contribution in [0.5, 0.6) is 0 Å². The van der Waals surface area contributed by atoms with Crippen molar-refractivity contribution in [2.45, 2.75) is 18.0 Å². The van der Waals surface area contributed by atoms with Gasteiger partial charge in [0.2, 0.25) is 10.0 Å². The van der Waals surface area contributed by atoms with E-state index in [0.717, 1.165) is 0 Å². The summed E-state index contributed by atoms with van der Waals surface area (Å²) in [4.78, 5) is 4.14.